The number of rotatable bonds is 8. The molecule has 0 spiro atoms. The Morgan fingerprint density at radius 2 is 1.67 bits per heavy atom. The molecule has 156 valence electrons. The third kappa shape index (κ3) is 5.88. The van der Waals surface area contributed by atoms with Crippen LogP contribution in [0.1, 0.15) is 42.4 Å². The number of carboxylic acids is 1. The van der Waals surface area contributed by atoms with E-state index in [1.807, 2.05) is 42.5 Å². The molecular weight excluding hydrogens is 386 g/mol. The monoisotopic (exact) mass is 409 g/mol. The summed E-state index contributed by atoms with van der Waals surface area (Å²) in [6.07, 6.45) is 1.35. The minimum Gasteiger partial charge on any atom is -0.483 e. The minimum atomic E-state index is -0.988. The van der Waals surface area contributed by atoms with E-state index in [0.717, 1.165) is 12.0 Å². The lowest BCUT2D eigenvalue weighted by Gasteiger charge is -2.07. The summed E-state index contributed by atoms with van der Waals surface area (Å²) in [7, 11) is 0. The number of aromatic nitrogens is 1. The molecule has 30 heavy (non-hydrogen) atoms. The van der Waals surface area contributed by atoms with Gasteiger partial charge in [0.1, 0.15) is 5.69 Å². The summed E-state index contributed by atoms with van der Waals surface area (Å²) in [5, 5.41) is 15.8. The Balaban J connectivity index is 0.00000101. The fourth-order valence-electron chi connectivity index (χ4n) is 2.94. The number of benzene rings is 2. The van der Waals surface area contributed by atoms with Gasteiger partial charge in [0.2, 0.25) is 0 Å². The second-order valence-electron chi connectivity index (χ2n) is 6.37. The van der Waals surface area contributed by atoms with Crippen LogP contribution in [0.15, 0.2) is 59.0 Å². The summed E-state index contributed by atoms with van der Waals surface area (Å²) in [6, 6.07) is 16.8. The van der Waals surface area contributed by atoms with Crippen molar-refractivity contribution in [1.82, 2.24) is 4.98 Å². The number of oxazole rings is 1. The number of hydrogen-bond donors (Lipinski definition) is 2. The molecule has 0 amide bonds. The summed E-state index contributed by atoms with van der Waals surface area (Å²) in [4.78, 5) is 36.4. The minimum absolute atomic E-state index is 0.0489. The van der Waals surface area contributed by atoms with E-state index in [1.165, 1.54) is 0 Å². The first-order chi connectivity index (χ1) is 14.5. The zero-order chi connectivity index (χ0) is 21.9. The first-order valence-electron chi connectivity index (χ1n) is 9.49. The van der Waals surface area contributed by atoms with Crippen molar-refractivity contribution in [2.75, 3.05) is 0 Å². The lowest BCUT2D eigenvalue weighted by atomic mass is 9.96. The van der Waals surface area contributed by atoms with Crippen molar-refractivity contribution < 1.29 is 29.0 Å². The SMILES string of the molecule is CCCc1nc(-c2ccccc2C(=O)CCC(=O)O)c(-c2ccccc2)o1.O=CO. The highest BCUT2D eigenvalue weighted by Crippen LogP contribution is 2.35. The Bertz CT molecular complexity index is 994. The molecule has 0 aliphatic rings. The van der Waals surface area contributed by atoms with Gasteiger partial charge in [0, 0.05) is 29.5 Å². The van der Waals surface area contributed by atoms with Crippen LogP contribution in [0.2, 0.25) is 0 Å². The molecule has 0 bridgehead atoms. The summed E-state index contributed by atoms with van der Waals surface area (Å²) >= 11 is 0. The van der Waals surface area contributed by atoms with E-state index in [4.69, 9.17) is 19.4 Å². The summed E-state index contributed by atoms with van der Waals surface area (Å²) in [5.74, 6) is 0.0428. The molecular formula is C23H23NO6. The van der Waals surface area contributed by atoms with Crippen molar-refractivity contribution in [3.05, 3.63) is 66.1 Å². The first-order valence-corrected chi connectivity index (χ1v) is 9.49. The molecule has 3 rings (SSSR count). The van der Waals surface area contributed by atoms with Gasteiger partial charge in [0.25, 0.3) is 6.47 Å². The van der Waals surface area contributed by atoms with Crippen LogP contribution in [-0.2, 0) is 16.0 Å². The molecule has 0 aliphatic carbocycles. The van der Waals surface area contributed by atoms with Gasteiger partial charge in [-0.05, 0) is 6.42 Å². The highest BCUT2D eigenvalue weighted by atomic mass is 16.4. The molecule has 0 saturated carbocycles. The first kappa shape index (κ1) is 22.5. The van der Waals surface area contributed by atoms with E-state index in [-0.39, 0.29) is 25.1 Å². The Morgan fingerprint density at radius 3 is 2.30 bits per heavy atom. The van der Waals surface area contributed by atoms with Crippen LogP contribution >= 0.6 is 0 Å². The maximum Gasteiger partial charge on any atom is 0.303 e. The largest absolute Gasteiger partial charge is 0.483 e. The van der Waals surface area contributed by atoms with Gasteiger partial charge >= 0.3 is 5.97 Å². The van der Waals surface area contributed by atoms with Crippen LogP contribution in [0.5, 0.6) is 0 Å². The standard InChI is InChI=1S/C22H21NO4.CH2O2/c1-2-8-19-23-21(22(27-19)15-9-4-3-5-10-15)17-12-7-6-11-16(17)18(24)13-14-20(25)26;2-1-3/h3-7,9-12H,2,8,13-14H2,1H3,(H,25,26);1H,(H,2,3). The second kappa shape index (κ2) is 11.3. The maximum atomic E-state index is 12.6. The molecule has 0 atom stereocenters. The molecule has 0 radical (unpaired) electrons. The number of carbonyl (C=O) groups excluding carboxylic acids is 1. The molecule has 2 N–H and O–H groups in total. The van der Waals surface area contributed by atoms with Gasteiger partial charge < -0.3 is 14.6 Å². The number of aryl methyl sites for hydroxylation is 1. The topological polar surface area (TPSA) is 118 Å². The number of carboxylic acid groups (broad SMARTS) is 2. The number of Topliss-reactive ketones (excluding diaryl/α,β-unsaturated/α-hetero) is 1. The highest BCUT2D eigenvalue weighted by molar-refractivity contribution is 6.03. The van der Waals surface area contributed by atoms with E-state index < -0.39 is 5.97 Å². The fourth-order valence-corrected chi connectivity index (χ4v) is 2.94. The number of ketones is 1. The van der Waals surface area contributed by atoms with Crippen molar-refractivity contribution >= 4 is 18.2 Å². The van der Waals surface area contributed by atoms with Crippen LogP contribution in [-0.4, -0.2) is 33.4 Å². The van der Waals surface area contributed by atoms with Crippen molar-refractivity contribution in [3.63, 3.8) is 0 Å². The van der Waals surface area contributed by atoms with Gasteiger partial charge in [0.05, 0.1) is 6.42 Å². The molecule has 3 aromatic rings. The van der Waals surface area contributed by atoms with Crippen LogP contribution in [0.3, 0.4) is 0 Å². The molecule has 2 aromatic carbocycles. The predicted molar refractivity (Wildman–Crippen MR) is 111 cm³/mol. The van der Waals surface area contributed by atoms with E-state index in [2.05, 4.69) is 11.9 Å². The molecule has 7 heteroatoms. The Labute approximate surface area is 174 Å². The highest BCUT2D eigenvalue weighted by Gasteiger charge is 2.21. The predicted octanol–water partition coefficient (Wildman–Crippen LogP) is 4.71. The number of nitrogens with zero attached hydrogens (tertiary/aromatic N) is 1. The number of hydrogen-bond acceptors (Lipinski definition) is 5. The van der Waals surface area contributed by atoms with Crippen molar-refractivity contribution in [2.45, 2.75) is 32.6 Å². The summed E-state index contributed by atoms with van der Waals surface area (Å²) in [5.41, 5.74) is 2.63. The second-order valence-corrected chi connectivity index (χ2v) is 6.37. The van der Waals surface area contributed by atoms with Crippen LogP contribution in [0.25, 0.3) is 22.6 Å². The average Bonchev–Trinajstić information content (AvgIpc) is 3.17. The third-order valence-corrected chi connectivity index (χ3v) is 4.22. The van der Waals surface area contributed by atoms with E-state index >= 15 is 0 Å². The zero-order valence-electron chi connectivity index (χ0n) is 16.6. The quantitative estimate of drug-likeness (QED) is 0.408. The lowest BCUT2D eigenvalue weighted by molar-refractivity contribution is -0.137. The molecule has 7 nitrogen and oxygen atoms in total. The van der Waals surface area contributed by atoms with E-state index in [0.29, 0.717) is 34.9 Å². The van der Waals surface area contributed by atoms with Gasteiger partial charge in [-0.1, -0.05) is 61.5 Å². The smallest absolute Gasteiger partial charge is 0.303 e. The maximum absolute atomic E-state index is 12.6. The van der Waals surface area contributed by atoms with Crippen LogP contribution in [0, 0.1) is 0 Å². The Hall–Kier alpha value is -3.74. The average molecular weight is 409 g/mol. The Kier molecular flexibility index (Phi) is 8.50. The van der Waals surface area contributed by atoms with Crippen LogP contribution < -0.4 is 0 Å². The molecule has 1 heterocycles. The van der Waals surface area contributed by atoms with Gasteiger partial charge in [0.15, 0.2) is 17.4 Å². The van der Waals surface area contributed by atoms with E-state index in [1.54, 1.807) is 12.1 Å². The number of aliphatic carboxylic acids is 1. The molecule has 0 unspecified atom stereocenters. The van der Waals surface area contributed by atoms with Crippen molar-refractivity contribution in [3.8, 4) is 22.6 Å². The fraction of sp³-hybridized carbons (Fsp3) is 0.217. The van der Waals surface area contributed by atoms with Crippen LogP contribution in [0.4, 0.5) is 0 Å². The third-order valence-electron chi connectivity index (χ3n) is 4.22. The van der Waals surface area contributed by atoms with Crippen molar-refractivity contribution in [2.24, 2.45) is 0 Å². The van der Waals surface area contributed by atoms with Gasteiger partial charge in [-0.15, -0.1) is 0 Å². The number of carbonyl (C=O) groups is 3. The van der Waals surface area contributed by atoms with Gasteiger partial charge in [-0.25, -0.2) is 4.98 Å². The van der Waals surface area contributed by atoms with Crippen molar-refractivity contribution in [1.29, 1.82) is 0 Å². The zero-order valence-corrected chi connectivity index (χ0v) is 16.6. The summed E-state index contributed by atoms with van der Waals surface area (Å²) in [6.45, 7) is 1.80. The van der Waals surface area contributed by atoms with E-state index in [9.17, 15) is 9.59 Å². The molecule has 0 aliphatic heterocycles. The van der Waals surface area contributed by atoms with Gasteiger partial charge in [-0.3, -0.25) is 14.4 Å². The Morgan fingerprint density at radius 1 is 1.03 bits per heavy atom. The molecule has 0 fully saturated rings. The van der Waals surface area contributed by atoms with Gasteiger partial charge in [-0.2, -0.15) is 0 Å². The lowest BCUT2D eigenvalue weighted by Crippen LogP contribution is -2.05. The molecule has 1 aromatic heterocycles. The normalized spacial score (nSPS) is 10.0. The molecule has 0 saturated heterocycles. The summed E-state index contributed by atoms with van der Waals surface area (Å²) < 4.78 is 6.01.